The van der Waals surface area contributed by atoms with Crippen molar-refractivity contribution < 1.29 is 9.53 Å². The van der Waals surface area contributed by atoms with Gasteiger partial charge in [0, 0.05) is 39.2 Å². The standard InChI is InChI=1S/C14H23N3O2/c1-11(2)8-17-13-7-12(9-15-10-13)14(18)16-5-4-6-19-3/h7,9-11,17H,4-6,8H2,1-3H3,(H,16,18). The number of carbonyl (C=O) groups is 1. The number of nitrogens with one attached hydrogen (secondary N) is 2. The van der Waals surface area contributed by atoms with Crippen LogP contribution in [0.25, 0.3) is 0 Å². The van der Waals surface area contributed by atoms with E-state index in [1.807, 2.05) is 6.07 Å². The van der Waals surface area contributed by atoms with Crippen LogP contribution in [-0.4, -0.2) is 37.7 Å². The zero-order chi connectivity index (χ0) is 14.1. The molecule has 0 bridgehead atoms. The van der Waals surface area contributed by atoms with Crippen molar-refractivity contribution in [3.63, 3.8) is 0 Å². The molecular weight excluding hydrogens is 242 g/mol. The van der Waals surface area contributed by atoms with Crippen molar-refractivity contribution in [2.45, 2.75) is 20.3 Å². The Morgan fingerprint density at radius 2 is 2.21 bits per heavy atom. The van der Waals surface area contributed by atoms with Gasteiger partial charge in [-0.3, -0.25) is 9.78 Å². The van der Waals surface area contributed by atoms with E-state index in [9.17, 15) is 4.79 Å². The van der Waals surface area contributed by atoms with Gasteiger partial charge in [-0.1, -0.05) is 13.8 Å². The SMILES string of the molecule is COCCCNC(=O)c1cncc(NCC(C)C)c1. The van der Waals surface area contributed by atoms with E-state index < -0.39 is 0 Å². The van der Waals surface area contributed by atoms with Gasteiger partial charge in [0.15, 0.2) is 0 Å². The minimum atomic E-state index is -0.100. The van der Waals surface area contributed by atoms with Gasteiger partial charge in [0.25, 0.3) is 5.91 Å². The molecule has 1 rings (SSSR count). The van der Waals surface area contributed by atoms with Crippen LogP contribution in [0, 0.1) is 5.92 Å². The molecule has 5 heteroatoms. The van der Waals surface area contributed by atoms with Gasteiger partial charge in [0.05, 0.1) is 11.3 Å². The lowest BCUT2D eigenvalue weighted by Crippen LogP contribution is -2.25. The first-order valence-corrected chi connectivity index (χ1v) is 6.59. The third-order valence-corrected chi connectivity index (χ3v) is 2.53. The van der Waals surface area contributed by atoms with Crippen LogP contribution in [0.4, 0.5) is 5.69 Å². The fourth-order valence-corrected chi connectivity index (χ4v) is 1.50. The highest BCUT2D eigenvalue weighted by Crippen LogP contribution is 2.09. The molecule has 1 aromatic rings. The monoisotopic (exact) mass is 265 g/mol. The number of ether oxygens (including phenoxy) is 1. The molecule has 0 aliphatic rings. The molecule has 0 spiro atoms. The summed E-state index contributed by atoms with van der Waals surface area (Å²) >= 11 is 0. The highest BCUT2D eigenvalue weighted by Gasteiger charge is 2.06. The summed E-state index contributed by atoms with van der Waals surface area (Å²) in [6.45, 7) is 6.38. The first-order valence-electron chi connectivity index (χ1n) is 6.59. The Morgan fingerprint density at radius 3 is 2.89 bits per heavy atom. The number of nitrogens with zero attached hydrogens (tertiary/aromatic N) is 1. The smallest absolute Gasteiger partial charge is 0.252 e. The van der Waals surface area contributed by atoms with E-state index in [1.54, 1.807) is 19.5 Å². The lowest BCUT2D eigenvalue weighted by atomic mass is 10.2. The Morgan fingerprint density at radius 1 is 1.42 bits per heavy atom. The second kappa shape index (κ2) is 8.48. The van der Waals surface area contributed by atoms with Crippen LogP contribution in [0.5, 0.6) is 0 Å². The summed E-state index contributed by atoms with van der Waals surface area (Å²) in [7, 11) is 1.65. The molecule has 0 saturated heterocycles. The molecule has 0 aliphatic carbocycles. The van der Waals surface area contributed by atoms with Crippen LogP contribution in [0.3, 0.4) is 0 Å². The molecule has 1 aromatic heterocycles. The largest absolute Gasteiger partial charge is 0.385 e. The fraction of sp³-hybridized carbons (Fsp3) is 0.571. The van der Waals surface area contributed by atoms with E-state index >= 15 is 0 Å². The summed E-state index contributed by atoms with van der Waals surface area (Å²) in [5, 5.41) is 6.09. The summed E-state index contributed by atoms with van der Waals surface area (Å²) in [6, 6.07) is 1.82. The Hall–Kier alpha value is -1.62. The highest BCUT2D eigenvalue weighted by molar-refractivity contribution is 5.94. The van der Waals surface area contributed by atoms with E-state index in [4.69, 9.17) is 4.74 Å². The molecule has 5 nitrogen and oxygen atoms in total. The molecule has 1 heterocycles. The lowest BCUT2D eigenvalue weighted by molar-refractivity contribution is 0.0948. The van der Waals surface area contributed by atoms with E-state index in [-0.39, 0.29) is 5.91 Å². The number of carbonyl (C=O) groups excluding carboxylic acids is 1. The Balaban J connectivity index is 2.48. The van der Waals surface area contributed by atoms with E-state index in [1.165, 1.54) is 0 Å². The molecule has 1 amide bonds. The summed E-state index contributed by atoms with van der Waals surface area (Å²) in [5.74, 6) is 0.448. The zero-order valence-electron chi connectivity index (χ0n) is 11.9. The predicted molar refractivity (Wildman–Crippen MR) is 76.4 cm³/mol. The number of hydrogen-bond donors (Lipinski definition) is 2. The Kier molecular flexibility index (Phi) is 6.89. The number of anilines is 1. The third-order valence-electron chi connectivity index (χ3n) is 2.53. The lowest BCUT2D eigenvalue weighted by Gasteiger charge is -2.10. The average molecular weight is 265 g/mol. The summed E-state index contributed by atoms with van der Waals surface area (Å²) in [4.78, 5) is 16.0. The zero-order valence-corrected chi connectivity index (χ0v) is 11.9. The minimum Gasteiger partial charge on any atom is -0.385 e. The van der Waals surface area contributed by atoms with Crippen LogP contribution < -0.4 is 10.6 Å². The maximum atomic E-state index is 11.9. The van der Waals surface area contributed by atoms with E-state index in [2.05, 4.69) is 29.5 Å². The Labute approximate surface area is 114 Å². The molecule has 0 radical (unpaired) electrons. The van der Waals surface area contributed by atoms with Crippen molar-refractivity contribution in [3.05, 3.63) is 24.0 Å². The van der Waals surface area contributed by atoms with E-state index in [0.29, 0.717) is 24.6 Å². The van der Waals surface area contributed by atoms with Gasteiger partial charge in [0.1, 0.15) is 0 Å². The van der Waals surface area contributed by atoms with Gasteiger partial charge in [-0.25, -0.2) is 0 Å². The molecule has 106 valence electrons. The number of methoxy groups -OCH3 is 1. The second-order valence-electron chi connectivity index (χ2n) is 4.84. The van der Waals surface area contributed by atoms with Crippen molar-refractivity contribution in [2.24, 2.45) is 5.92 Å². The van der Waals surface area contributed by atoms with Crippen molar-refractivity contribution in [1.29, 1.82) is 0 Å². The number of rotatable bonds is 8. The maximum Gasteiger partial charge on any atom is 0.252 e. The topological polar surface area (TPSA) is 63.2 Å². The van der Waals surface area contributed by atoms with Gasteiger partial charge < -0.3 is 15.4 Å². The summed E-state index contributed by atoms with van der Waals surface area (Å²) < 4.78 is 4.93. The third kappa shape index (κ3) is 6.20. The number of aromatic nitrogens is 1. The molecule has 0 unspecified atom stereocenters. The molecule has 0 saturated carbocycles. The molecule has 0 fully saturated rings. The average Bonchev–Trinajstić information content (AvgIpc) is 2.41. The highest BCUT2D eigenvalue weighted by atomic mass is 16.5. The van der Waals surface area contributed by atoms with Crippen LogP contribution in [0.15, 0.2) is 18.5 Å². The Bertz CT molecular complexity index is 394. The second-order valence-corrected chi connectivity index (χ2v) is 4.84. The quantitative estimate of drug-likeness (QED) is 0.705. The minimum absolute atomic E-state index is 0.100. The van der Waals surface area contributed by atoms with E-state index in [0.717, 1.165) is 18.7 Å². The van der Waals surface area contributed by atoms with Gasteiger partial charge in [-0.15, -0.1) is 0 Å². The molecule has 0 atom stereocenters. The number of pyridine rings is 1. The molecule has 2 N–H and O–H groups in total. The van der Waals surface area contributed by atoms with Crippen LogP contribution in [0.1, 0.15) is 30.6 Å². The van der Waals surface area contributed by atoms with Gasteiger partial charge in [-0.2, -0.15) is 0 Å². The molecule has 19 heavy (non-hydrogen) atoms. The number of hydrogen-bond acceptors (Lipinski definition) is 4. The predicted octanol–water partition coefficient (Wildman–Crippen LogP) is 1.92. The van der Waals surface area contributed by atoms with Crippen molar-refractivity contribution in [1.82, 2.24) is 10.3 Å². The maximum absolute atomic E-state index is 11.9. The summed E-state index contributed by atoms with van der Waals surface area (Å²) in [6.07, 6.45) is 4.11. The number of amides is 1. The first kappa shape index (κ1) is 15.4. The molecule has 0 aromatic carbocycles. The van der Waals surface area contributed by atoms with Crippen molar-refractivity contribution in [3.8, 4) is 0 Å². The summed E-state index contributed by atoms with van der Waals surface area (Å²) in [5.41, 5.74) is 1.45. The van der Waals surface area contributed by atoms with Crippen molar-refractivity contribution in [2.75, 3.05) is 32.1 Å². The normalized spacial score (nSPS) is 10.5. The van der Waals surface area contributed by atoms with Gasteiger partial charge >= 0.3 is 0 Å². The fourth-order valence-electron chi connectivity index (χ4n) is 1.50. The van der Waals surface area contributed by atoms with Crippen LogP contribution >= 0.6 is 0 Å². The van der Waals surface area contributed by atoms with Crippen LogP contribution in [0.2, 0.25) is 0 Å². The van der Waals surface area contributed by atoms with Gasteiger partial charge in [0.2, 0.25) is 0 Å². The molecule has 0 aliphatic heterocycles. The van der Waals surface area contributed by atoms with Crippen LogP contribution in [-0.2, 0) is 4.74 Å². The van der Waals surface area contributed by atoms with Crippen molar-refractivity contribution >= 4 is 11.6 Å². The van der Waals surface area contributed by atoms with Gasteiger partial charge in [-0.05, 0) is 18.4 Å². The first-order chi connectivity index (χ1) is 9.13. The molecular formula is C14H23N3O2.